The Morgan fingerprint density at radius 1 is 1.16 bits per heavy atom. The summed E-state index contributed by atoms with van der Waals surface area (Å²) in [6, 6.07) is 9.43. The predicted molar refractivity (Wildman–Crippen MR) is 78.7 cm³/mol. The second-order valence-corrected chi connectivity index (χ2v) is 6.33. The number of ether oxygens (including phenoxy) is 1. The molecule has 2 unspecified atom stereocenters. The molecule has 0 amide bonds. The van der Waals surface area contributed by atoms with Crippen LogP contribution in [0.2, 0.25) is 0 Å². The van der Waals surface area contributed by atoms with Gasteiger partial charge in [-0.05, 0) is 69.5 Å². The highest BCUT2D eigenvalue weighted by atomic mass is 16.5. The van der Waals surface area contributed by atoms with Crippen molar-refractivity contribution in [3.8, 4) is 5.75 Å². The van der Waals surface area contributed by atoms with Gasteiger partial charge in [0.2, 0.25) is 0 Å². The number of nitrogens with one attached hydrogen (secondary N) is 1. The minimum atomic E-state index is 0.254. The Morgan fingerprint density at radius 2 is 1.95 bits per heavy atom. The quantitative estimate of drug-likeness (QED) is 0.840. The fourth-order valence-corrected chi connectivity index (χ4v) is 2.98. The minimum absolute atomic E-state index is 0.254. The summed E-state index contributed by atoms with van der Waals surface area (Å²) in [7, 11) is 0. The van der Waals surface area contributed by atoms with Crippen LogP contribution in [0.1, 0.15) is 51.0 Å². The van der Waals surface area contributed by atoms with E-state index in [9.17, 15) is 0 Å². The molecule has 0 spiro atoms. The molecule has 2 fully saturated rings. The molecule has 1 aromatic carbocycles. The largest absolute Gasteiger partial charge is 0.491 e. The van der Waals surface area contributed by atoms with Crippen LogP contribution in [-0.4, -0.2) is 18.7 Å². The molecule has 0 bridgehead atoms. The van der Waals surface area contributed by atoms with E-state index in [-0.39, 0.29) is 6.10 Å². The van der Waals surface area contributed by atoms with Gasteiger partial charge in [0.1, 0.15) is 5.75 Å². The molecule has 0 heterocycles. The van der Waals surface area contributed by atoms with Gasteiger partial charge in [0.05, 0.1) is 6.10 Å². The summed E-state index contributed by atoms with van der Waals surface area (Å²) >= 11 is 0. The van der Waals surface area contributed by atoms with Crippen LogP contribution in [0.4, 0.5) is 0 Å². The monoisotopic (exact) mass is 259 g/mol. The van der Waals surface area contributed by atoms with Gasteiger partial charge in [-0.3, -0.25) is 0 Å². The van der Waals surface area contributed by atoms with E-state index < -0.39 is 0 Å². The highest BCUT2D eigenvalue weighted by Crippen LogP contribution is 2.45. The molecule has 1 N–H and O–H groups in total. The number of rotatable bonds is 6. The molecule has 1 aromatic rings. The van der Waals surface area contributed by atoms with Crippen molar-refractivity contribution in [2.45, 2.75) is 57.6 Å². The summed E-state index contributed by atoms with van der Waals surface area (Å²) in [5.74, 6) is 2.59. The van der Waals surface area contributed by atoms with Crippen LogP contribution in [0.3, 0.4) is 0 Å². The number of benzene rings is 1. The summed E-state index contributed by atoms with van der Waals surface area (Å²) in [4.78, 5) is 0. The summed E-state index contributed by atoms with van der Waals surface area (Å²) in [6.45, 7) is 5.39. The van der Waals surface area contributed by atoms with Crippen molar-refractivity contribution < 1.29 is 4.74 Å². The maximum Gasteiger partial charge on any atom is 0.123 e. The Morgan fingerprint density at radius 3 is 2.58 bits per heavy atom. The molecule has 2 aliphatic rings. The van der Waals surface area contributed by atoms with Crippen molar-refractivity contribution in [2.75, 3.05) is 6.54 Å². The van der Waals surface area contributed by atoms with Crippen LogP contribution in [0, 0.1) is 5.92 Å². The fourth-order valence-electron chi connectivity index (χ4n) is 2.98. The van der Waals surface area contributed by atoms with Crippen molar-refractivity contribution >= 4 is 0 Å². The molecule has 3 rings (SSSR count). The maximum absolute atomic E-state index is 5.97. The fraction of sp³-hybridized carbons (Fsp3) is 0.647. The van der Waals surface area contributed by atoms with Crippen LogP contribution >= 0.6 is 0 Å². The second kappa shape index (κ2) is 5.54. The first-order chi connectivity index (χ1) is 9.24. The lowest BCUT2D eigenvalue weighted by Gasteiger charge is -2.38. The first kappa shape index (κ1) is 13.0. The smallest absolute Gasteiger partial charge is 0.123 e. The molecule has 2 aliphatic carbocycles. The summed E-state index contributed by atoms with van der Waals surface area (Å²) in [6.07, 6.45) is 5.69. The number of para-hydroxylation sites is 1. The van der Waals surface area contributed by atoms with Gasteiger partial charge in [-0.15, -0.1) is 0 Å². The summed E-state index contributed by atoms with van der Waals surface area (Å²) in [5.41, 5.74) is 1.42. The van der Waals surface area contributed by atoms with Crippen LogP contribution in [0.25, 0.3) is 0 Å². The molecule has 2 heteroatoms. The van der Waals surface area contributed by atoms with Gasteiger partial charge in [0.15, 0.2) is 0 Å². The Kier molecular flexibility index (Phi) is 3.79. The van der Waals surface area contributed by atoms with Gasteiger partial charge in [-0.25, -0.2) is 0 Å². The Bertz CT molecular complexity index is 425. The zero-order chi connectivity index (χ0) is 13.2. The van der Waals surface area contributed by atoms with E-state index in [0.29, 0.717) is 5.92 Å². The zero-order valence-corrected chi connectivity index (χ0v) is 12.1. The van der Waals surface area contributed by atoms with Gasteiger partial charge in [-0.1, -0.05) is 18.2 Å². The van der Waals surface area contributed by atoms with Crippen LogP contribution in [0.5, 0.6) is 5.75 Å². The minimum Gasteiger partial charge on any atom is -0.491 e. The molecule has 0 radical (unpaired) electrons. The van der Waals surface area contributed by atoms with E-state index in [2.05, 4.69) is 43.4 Å². The third-order valence-electron chi connectivity index (χ3n) is 4.34. The van der Waals surface area contributed by atoms with E-state index in [1.807, 2.05) is 0 Å². The lowest BCUT2D eigenvalue weighted by Crippen LogP contribution is -2.35. The number of hydrogen-bond donors (Lipinski definition) is 1. The Hall–Kier alpha value is -1.02. The van der Waals surface area contributed by atoms with Crippen molar-refractivity contribution in [3.05, 3.63) is 29.8 Å². The van der Waals surface area contributed by atoms with Gasteiger partial charge in [0, 0.05) is 6.04 Å². The topological polar surface area (TPSA) is 21.3 Å². The SMILES string of the molecule is CC(C)Oc1ccccc1C1CCC1CNC1CC1. The van der Waals surface area contributed by atoms with Gasteiger partial charge >= 0.3 is 0 Å². The molecule has 0 saturated heterocycles. The van der Waals surface area contributed by atoms with Crippen LogP contribution in [-0.2, 0) is 0 Å². The third-order valence-corrected chi connectivity index (χ3v) is 4.34. The molecule has 0 aromatic heterocycles. The summed E-state index contributed by atoms with van der Waals surface area (Å²) < 4.78 is 5.97. The number of hydrogen-bond acceptors (Lipinski definition) is 2. The Balaban J connectivity index is 1.66. The lowest BCUT2D eigenvalue weighted by atomic mass is 9.69. The first-order valence-electron chi connectivity index (χ1n) is 7.73. The second-order valence-electron chi connectivity index (χ2n) is 6.33. The van der Waals surface area contributed by atoms with Crippen molar-refractivity contribution in [2.24, 2.45) is 5.92 Å². The van der Waals surface area contributed by atoms with Crippen LogP contribution < -0.4 is 10.1 Å². The van der Waals surface area contributed by atoms with Gasteiger partial charge in [0.25, 0.3) is 0 Å². The lowest BCUT2D eigenvalue weighted by molar-refractivity contribution is 0.213. The van der Waals surface area contributed by atoms with Crippen molar-refractivity contribution in [1.29, 1.82) is 0 Å². The predicted octanol–water partition coefficient (Wildman–Crippen LogP) is 3.72. The van der Waals surface area contributed by atoms with E-state index in [0.717, 1.165) is 17.7 Å². The normalized spacial score (nSPS) is 26.3. The zero-order valence-electron chi connectivity index (χ0n) is 12.1. The average Bonchev–Trinajstić information content (AvgIpc) is 3.14. The molecule has 2 nitrogen and oxygen atoms in total. The van der Waals surface area contributed by atoms with E-state index in [1.165, 1.54) is 37.8 Å². The molecule has 2 atom stereocenters. The van der Waals surface area contributed by atoms with Gasteiger partial charge < -0.3 is 10.1 Å². The molecule has 19 heavy (non-hydrogen) atoms. The highest BCUT2D eigenvalue weighted by Gasteiger charge is 2.35. The molecule has 104 valence electrons. The van der Waals surface area contributed by atoms with Gasteiger partial charge in [-0.2, -0.15) is 0 Å². The molecular formula is C17H25NO. The maximum atomic E-state index is 5.97. The van der Waals surface area contributed by atoms with Crippen molar-refractivity contribution in [3.63, 3.8) is 0 Å². The van der Waals surface area contributed by atoms with E-state index >= 15 is 0 Å². The molecule has 2 saturated carbocycles. The average molecular weight is 259 g/mol. The van der Waals surface area contributed by atoms with E-state index in [4.69, 9.17) is 4.74 Å². The molecular weight excluding hydrogens is 234 g/mol. The summed E-state index contributed by atoms with van der Waals surface area (Å²) in [5, 5.41) is 3.68. The standard InChI is InChI=1S/C17H25NO/c1-12(2)19-17-6-4-3-5-16(17)15-10-7-13(15)11-18-14-8-9-14/h3-6,12-15,18H,7-11H2,1-2H3. The van der Waals surface area contributed by atoms with Crippen molar-refractivity contribution in [1.82, 2.24) is 5.32 Å². The first-order valence-corrected chi connectivity index (χ1v) is 7.73. The molecule has 0 aliphatic heterocycles. The van der Waals surface area contributed by atoms with E-state index in [1.54, 1.807) is 0 Å². The Labute approximate surface area is 116 Å². The highest BCUT2D eigenvalue weighted by molar-refractivity contribution is 5.38. The van der Waals surface area contributed by atoms with Crippen LogP contribution in [0.15, 0.2) is 24.3 Å². The third kappa shape index (κ3) is 3.11.